The lowest BCUT2D eigenvalue weighted by molar-refractivity contribution is 0.190. The topological polar surface area (TPSA) is 35.3 Å². The van der Waals surface area contributed by atoms with Crippen molar-refractivity contribution in [3.63, 3.8) is 0 Å². The van der Waals surface area contributed by atoms with Gasteiger partial charge in [-0.3, -0.25) is 0 Å². The highest BCUT2D eigenvalue weighted by atomic mass is 79.9. The van der Waals surface area contributed by atoms with Crippen molar-refractivity contribution < 1.29 is 9.26 Å². The van der Waals surface area contributed by atoms with E-state index in [0.29, 0.717) is 5.92 Å². The molecule has 1 fully saturated rings. The molecule has 0 radical (unpaired) electrons. The molecule has 1 aliphatic rings. The number of rotatable bonds is 2. The van der Waals surface area contributed by atoms with Crippen molar-refractivity contribution in [2.45, 2.75) is 17.7 Å². The van der Waals surface area contributed by atoms with Crippen LogP contribution in [0.3, 0.4) is 0 Å². The predicted octanol–water partition coefficient (Wildman–Crippen LogP) is 2.07. The lowest BCUT2D eigenvalue weighted by Gasteiger charge is -1.98. The fourth-order valence-electron chi connectivity index (χ4n) is 1.34. The van der Waals surface area contributed by atoms with E-state index in [0.717, 1.165) is 36.4 Å². The maximum Gasteiger partial charge on any atom is 0.142 e. The largest absolute Gasteiger partial charge is 0.381 e. The van der Waals surface area contributed by atoms with Crippen molar-refractivity contribution in [3.05, 3.63) is 17.5 Å². The van der Waals surface area contributed by atoms with Crippen molar-refractivity contribution in [2.24, 2.45) is 0 Å². The minimum Gasteiger partial charge on any atom is -0.381 e. The number of aromatic nitrogens is 1. The maximum atomic E-state index is 5.25. The summed E-state index contributed by atoms with van der Waals surface area (Å²) in [6, 6.07) is 1.99. The van der Waals surface area contributed by atoms with Gasteiger partial charge in [0.1, 0.15) is 5.76 Å². The monoisotopic (exact) mass is 231 g/mol. The van der Waals surface area contributed by atoms with E-state index in [-0.39, 0.29) is 0 Å². The quantitative estimate of drug-likeness (QED) is 0.732. The van der Waals surface area contributed by atoms with Gasteiger partial charge in [0, 0.05) is 23.9 Å². The van der Waals surface area contributed by atoms with Crippen LogP contribution in [0.25, 0.3) is 0 Å². The molecular formula is C8H10BrNO2. The molecule has 12 heavy (non-hydrogen) atoms. The highest BCUT2D eigenvalue weighted by Gasteiger charge is 2.21. The van der Waals surface area contributed by atoms with Crippen molar-refractivity contribution in [2.75, 3.05) is 13.2 Å². The van der Waals surface area contributed by atoms with Crippen LogP contribution >= 0.6 is 15.9 Å². The summed E-state index contributed by atoms with van der Waals surface area (Å²) in [5.74, 6) is 1.38. The second kappa shape index (κ2) is 3.58. The van der Waals surface area contributed by atoms with Crippen molar-refractivity contribution >= 4 is 15.9 Å². The van der Waals surface area contributed by atoms with Crippen LogP contribution in [0.4, 0.5) is 0 Å². The Morgan fingerprint density at radius 2 is 2.58 bits per heavy atom. The Labute approximate surface area is 79.2 Å². The number of nitrogens with zero attached hydrogens (tertiary/aromatic N) is 1. The molecule has 1 saturated heterocycles. The van der Waals surface area contributed by atoms with E-state index in [2.05, 4.69) is 21.1 Å². The molecule has 0 N–H and O–H groups in total. The molecule has 0 amide bonds. The fourth-order valence-corrected chi connectivity index (χ4v) is 1.61. The first-order valence-electron chi connectivity index (χ1n) is 3.99. The van der Waals surface area contributed by atoms with Crippen LogP contribution in [-0.2, 0) is 10.1 Å². The molecule has 66 valence electrons. The first-order chi connectivity index (χ1) is 5.90. The Balaban J connectivity index is 2.11. The summed E-state index contributed by atoms with van der Waals surface area (Å²) in [6.07, 6.45) is 1.05. The third-order valence-corrected chi connectivity index (χ3v) is 2.62. The third-order valence-electron chi connectivity index (χ3n) is 2.05. The molecule has 1 unspecified atom stereocenters. The van der Waals surface area contributed by atoms with Crippen LogP contribution in [0.15, 0.2) is 10.6 Å². The van der Waals surface area contributed by atoms with Gasteiger partial charge in [-0.15, -0.1) is 0 Å². The number of halogens is 1. The molecule has 1 aliphatic heterocycles. The molecule has 4 heteroatoms. The average molecular weight is 232 g/mol. The lowest BCUT2D eigenvalue weighted by Crippen LogP contribution is -1.94. The summed E-state index contributed by atoms with van der Waals surface area (Å²) >= 11 is 3.33. The first-order valence-corrected chi connectivity index (χ1v) is 5.11. The minimum atomic E-state index is 0.422. The van der Waals surface area contributed by atoms with E-state index >= 15 is 0 Å². The average Bonchev–Trinajstić information content (AvgIpc) is 2.75. The Morgan fingerprint density at radius 1 is 1.67 bits per heavy atom. The van der Waals surface area contributed by atoms with Crippen LogP contribution in [0.1, 0.15) is 23.8 Å². The molecule has 2 rings (SSSR count). The van der Waals surface area contributed by atoms with Gasteiger partial charge in [-0.1, -0.05) is 21.1 Å². The molecule has 1 aromatic heterocycles. The van der Waals surface area contributed by atoms with E-state index in [1.54, 1.807) is 0 Å². The summed E-state index contributed by atoms with van der Waals surface area (Å²) in [7, 11) is 0. The molecule has 1 atom stereocenters. The van der Waals surface area contributed by atoms with Gasteiger partial charge >= 0.3 is 0 Å². The Bertz CT molecular complexity index is 255. The summed E-state index contributed by atoms with van der Waals surface area (Å²) < 4.78 is 10.4. The smallest absolute Gasteiger partial charge is 0.142 e. The molecule has 0 aromatic carbocycles. The zero-order valence-corrected chi connectivity index (χ0v) is 8.21. The van der Waals surface area contributed by atoms with E-state index in [1.165, 1.54) is 0 Å². The molecule has 3 nitrogen and oxygen atoms in total. The van der Waals surface area contributed by atoms with Crippen LogP contribution in [0, 0.1) is 0 Å². The van der Waals surface area contributed by atoms with Gasteiger partial charge < -0.3 is 9.26 Å². The van der Waals surface area contributed by atoms with Gasteiger partial charge in [0.15, 0.2) is 0 Å². The predicted molar refractivity (Wildman–Crippen MR) is 47.3 cm³/mol. The van der Waals surface area contributed by atoms with E-state index in [4.69, 9.17) is 9.26 Å². The number of hydrogen-bond donors (Lipinski definition) is 0. The Kier molecular flexibility index (Phi) is 2.46. The zero-order chi connectivity index (χ0) is 8.39. The maximum absolute atomic E-state index is 5.25. The zero-order valence-electron chi connectivity index (χ0n) is 6.62. The molecule has 0 aliphatic carbocycles. The third kappa shape index (κ3) is 1.54. The minimum absolute atomic E-state index is 0.422. The SMILES string of the molecule is BrCc1cc(C2CCOC2)on1. The van der Waals surface area contributed by atoms with Crippen LogP contribution in [0.5, 0.6) is 0 Å². The Hall–Kier alpha value is -0.350. The molecule has 0 bridgehead atoms. The Morgan fingerprint density at radius 3 is 3.17 bits per heavy atom. The van der Waals surface area contributed by atoms with Crippen LogP contribution in [-0.4, -0.2) is 18.4 Å². The fraction of sp³-hybridized carbons (Fsp3) is 0.625. The van der Waals surface area contributed by atoms with Crippen molar-refractivity contribution in [3.8, 4) is 0 Å². The molecule has 1 aromatic rings. The highest BCUT2D eigenvalue weighted by Crippen LogP contribution is 2.25. The van der Waals surface area contributed by atoms with E-state index < -0.39 is 0 Å². The molecule has 0 saturated carbocycles. The first kappa shape index (κ1) is 8.26. The van der Waals surface area contributed by atoms with Gasteiger partial charge in [-0.05, 0) is 6.42 Å². The van der Waals surface area contributed by atoms with Gasteiger partial charge in [-0.2, -0.15) is 0 Å². The van der Waals surface area contributed by atoms with Gasteiger partial charge in [0.2, 0.25) is 0 Å². The van der Waals surface area contributed by atoms with Crippen LogP contribution < -0.4 is 0 Å². The highest BCUT2D eigenvalue weighted by molar-refractivity contribution is 9.08. The summed E-state index contributed by atoms with van der Waals surface area (Å²) in [6.45, 7) is 1.62. The second-order valence-electron chi connectivity index (χ2n) is 2.91. The van der Waals surface area contributed by atoms with Gasteiger partial charge in [0.25, 0.3) is 0 Å². The molecular weight excluding hydrogens is 222 g/mol. The van der Waals surface area contributed by atoms with Crippen molar-refractivity contribution in [1.82, 2.24) is 5.16 Å². The summed E-state index contributed by atoms with van der Waals surface area (Å²) in [5, 5.41) is 4.66. The van der Waals surface area contributed by atoms with E-state index in [1.807, 2.05) is 6.07 Å². The van der Waals surface area contributed by atoms with Crippen LogP contribution in [0.2, 0.25) is 0 Å². The standard InChI is InChI=1S/C8H10BrNO2/c9-4-7-3-8(12-10-7)6-1-2-11-5-6/h3,6H,1-2,4-5H2. The second-order valence-corrected chi connectivity index (χ2v) is 3.48. The molecule has 2 heterocycles. The van der Waals surface area contributed by atoms with E-state index in [9.17, 15) is 0 Å². The normalized spacial score (nSPS) is 23.2. The number of alkyl halides is 1. The summed E-state index contributed by atoms with van der Waals surface area (Å²) in [4.78, 5) is 0. The lowest BCUT2D eigenvalue weighted by atomic mass is 10.1. The molecule has 0 spiro atoms. The van der Waals surface area contributed by atoms with Gasteiger partial charge in [-0.25, -0.2) is 0 Å². The number of hydrogen-bond acceptors (Lipinski definition) is 3. The van der Waals surface area contributed by atoms with Crippen molar-refractivity contribution in [1.29, 1.82) is 0 Å². The van der Waals surface area contributed by atoms with Gasteiger partial charge in [0.05, 0.1) is 12.3 Å². The number of ether oxygens (including phenoxy) is 1. The summed E-state index contributed by atoms with van der Waals surface area (Å²) in [5.41, 5.74) is 0.955.